The summed E-state index contributed by atoms with van der Waals surface area (Å²) in [6, 6.07) is 6.71. The van der Waals surface area contributed by atoms with Crippen molar-refractivity contribution in [2.45, 2.75) is 6.04 Å². The Labute approximate surface area is 112 Å². The quantitative estimate of drug-likeness (QED) is 0.860. The van der Waals surface area contributed by atoms with Crippen LogP contribution in [0.4, 0.5) is 5.95 Å². The van der Waals surface area contributed by atoms with Gasteiger partial charge in [-0.1, -0.05) is 34.9 Å². The number of hydrogen-bond acceptors (Lipinski definition) is 5. The van der Waals surface area contributed by atoms with Gasteiger partial charge in [-0.15, -0.1) is 0 Å². The second kappa shape index (κ2) is 4.36. The van der Waals surface area contributed by atoms with Crippen molar-refractivity contribution in [3.63, 3.8) is 0 Å². The van der Waals surface area contributed by atoms with Crippen molar-refractivity contribution < 1.29 is 9.90 Å². The Balaban J connectivity index is 2.15. The van der Waals surface area contributed by atoms with Crippen LogP contribution in [-0.2, 0) is 4.79 Å². The van der Waals surface area contributed by atoms with Gasteiger partial charge >= 0.3 is 5.97 Å². The van der Waals surface area contributed by atoms with Crippen molar-refractivity contribution in [3.05, 3.63) is 46.6 Å². The van der Waals surface area contributed by atoms with Gasteiger partial charge in [0.25, 0.3) is 0 Å². The zero-order chi connectivity index (χ0) is 13.4. The number of carboxylic acid groups (broad SMARTS) is 1. The molecule has 1 aromatic heterocycles. The van der Waals surface area contributed by atoms with Crippen molar-refractivity contribution in [3.8, 4) is 0 Å². The summed E-state index contributed by atoms with van der Waals surface area (Å²) in [6.07, 6.45) is 1.52. The van der Waals surface area contributed by atoms with E-state index in [-0.39, 0.29) is 11.6 Å². The van der Waals surface area contributed by atoms with Crippen molar-refractivity contribution in [1.82, 2.24) is 20.2 Å². The molecular formula is C11H8ClN5O2. The minimum absolute atomic E-state index is 0.0206. The number of anilines is 1. The Morgan fingerprint density at radius 3 is 2.95 bits per heavy atom. The number of allylic oxidation sites excluding steroid dienone is 1. The van der Waals surface area contributed by atoms with Gasteiger partial charge in [-0.2, -0.15) is 4.68 Å². The highest BCUT2D eigenvalue weighted by molar-refractivity contribution is 6.31. The molecule has 0 fully saturated rings. The van der Waals surface area contributed by atoms with Gasteiger partial charge in [0.1, 0.15) is 11.7 Å². The van der Waals surface area contributed by atoms with Crippen LogP contribution in [0.2, 0.25) is 5.02 Å². The first-order chi connectivity index (χ1) is 9.16. The number of rotatable bonds is 2. The average Bonchev–Trinajstić information content (AvgIpc) is 2.86. The fraction of sp³-hybridized carbons (Fsp3) is 0.0909. The summed E-state index contributed by atoms with van der Waals surface area (Å²) in [5, 5.41) is 23.4. The zero-order valence-corrected chi connectivity index (χ0v) is 10.2. The van der Waals surface area contributed by atoms with E-state index in [1.165, 1.54) is 10.8 Å². The van der Waals surface area contributed by atoms with Crippen LogP contribution in [0.15, 0.2) is 36.0 Å². The van der Waals surface area contributed by atoms with Crippen molar-refractivity contribution in [2.75, 3.05) is 5.32 Å². The molecule has 7 nitrogen and oxygen atoms in total. The highest BCUT2D eigenvalue weighted by Crippen LogP contribution is 2.31. The summed E-state index contributed by atoms with van der Waals surface area (Å²) in [5.74, 6) is -0.809. The molecule has 0 saturated heterocycles. The lowest BCUT2D eigenvalue weighted by atomic mass is 10.0. The van der Waals surface area contributed by atoms with Crippen LogP contribution in [0, 0.1) is 0 Å². The van der Waals surface area contributed by atoms with Crippen molar-refractivity contribution in [2.24, 2.45) is 0 Å². The van der Waals surface area contributed by atoms with Gasteiger partial charge in [0.15, 0.2) is 0 Å². The lowest BCUT2D eigenvalue weighted by Crippen LogP contribution is -2.24. The van der Waals surface area contributed by atoms with E-state index in [9.17, 15) is 4.79 Å². The number of carbonyl (C=O) groups is 1. The fourth-order valence-electron chi connectivity index (χ4n) is 1.92. The smallest absolute Gasteiger partial charge is 0.352 e. The third-order valence-corrected chi connectivity index (χ3v) is 3.13. The molecule has 2 heterocycles. The van der Waals surface area contributed by atoms with Crippen LogP contribution < -0.4 is 5.32 Å². The number of hydrogen-bond donors (Lipinski definition) is 2. The molecule has 0 aliphatic carbocycles. The molecule has 1 aliphatic rings. The molecule has 19 heavy (non-hydrogen) atoms. The summed E-state index contributed by atoms with van der Waals surface area (Å²) in [5.41, 5.74) is 0.755. The molecule has 3 rings (SSSR count). The second-order valence-electron chi connectivity index (χ2n) is 3.92. The summed E-state index contributed by atoms with van der Waals surface area (Å²) >= 11 is 6.14. The van der Waals surface area contributed by atoms with Crippen LogP contribution >= 0.6 is 11.6 Å². The monoisotopic (exact) mass is 277 g/mol. The maximum absolute atomic E-state index is 11.1. The lowest BCUT2D eigenvalue weighted by Gasteiger charge is -2.22. The van der Waals surface area contributed by atoms with E-state index in [1.807, 2.05) is 6.07 Å². The Bertz CT molecular complexity index is 681. The van der Waals surface area contributed by atoms with E-state index >= 15 is 0 Å². The van der Waals surface area contributed by atoms with Gasteiger partial charge < -0.3 is 10.4 Å². The summed E-state index contributed by atoms with van der Waals surface area (Å²) in [4.78, 5) is 11.1. The first kappa shape index (κ1) is 11.7. The Morgan fingerprint density at radius 1 is 1.42 bits per heavy atom. The first-order valence-electron chi connectivity index (χ1n) is 5.41. The van der Waals surface area contributed by atoms with Crippen LogP contribution in [0.1, 0.15) is 11.6 Å². The average molecular weight is 278 g/mol. The topological polar surface area (TPSA) is 92.9 Å². The van der Waals surface area contributed by atoms with Crippen LogP contribution in [0.3, 0.4) is 0 Å². The Kier molecular flexibility index (Phi) is 2.68. The van der Waals surface area contributed by atoms with Gasteiger partial charge in [0.2, 0.25) is 5.95 Å². The maximum Gasteiger partial charge on any atom is 0.352 e. The van der Waals surface area contributed by atoms with Crippen molar-refractivity contribution in [1.29, 1.82) is 0 Å². The third kappa shape index (κ3) is 1.93. The highest BCUT2D eigenvalue weighted by Gasteiger charge is 2.27. The Hall–Kier alpha value is -2.41. The number of benzene rings is 1. The molecule has 0 bridgehead atoms. The number of nitrogens with zero attached hydrogens (tertiary/aromatic N) is 4. The van der Waals surface area contributed by atoms with E-state index in [0.29, 0.717) is 5.02 Å². The summed E-state index contributed by atoms with van der Waals surface area (Å²) < 4.78 is 1.48. The number of aliphatic carboxylic acids is 1. The molecule has 1 aromatic carbocycles. The van der Waals surface area contributed by atoms with Gasteiger partial charge in [0.05, 0.1) is 0 Å². The van der Waals surface area contributed by atoms with Crippen LogP contribution in [-0.4, -0.2) is 31.3 Å². The fourth-order valence-corrected chi connectivity index (χ4v) is 2.16. The number of carboxylic acids is 1. The summed E-state index contributed by atoms with van der Waals surface area (Å²) in [7, 11) is 0. The number of fused-ring (bicyclic) bond motifs is 1. The molecule has 0 unspecified atom stereocenters. The molecule has 1 aliphatic heterocycles. The van der Waals surface area contributed by atoms with Crippen molar-refractivity contribution >= 4 is 23.5 Å². The molecule has 8 heteroatoms. The third-order valence-electron chi connectivity index (χ3n) is 2.78. The molecule has 2 N–H and O–H groups in total. The van der Waals surface area contributed by atoms with Crippen LogP contribution in [0.5, 0.6) is 0 Å². The van der Waals surface area contributed by atoms with E-state index in [0.717, 1.165) is 5.56 Å². The molecule has 2 aromatic rings. The van der Waals surface area contributed by atoms with E-state index in [4.69, 9.17) is 16.7 Å². The Morgan fingerprint density at radius 2 is 2.21 bits per heavy atom. The number of aromatic nitrogens is 4. The van der Waals surface area contributed by atoms with Gasteiger partial charge in [0, 0.05) is 5.02 Å². The number of halogens is 1. The zero-order valence-electron chi connectivity index (χ0n) is 9.49. The molecular weight excluding hydrogens is 270 g/mol. The highest BCUT2D eigenvalue weighted by atomic mass is 35.5. The number of tetrazole rings is 1. The maximum atomic E-state index is 11.1. The minimum atomic E-state index is -1.08. The predicted octanol–water partition coefficient (Wildman–Crippen LogP) is 1.31. The van der Waals surface area contributed by atoms with Gasteiger partial charge in [-0.25, -0.2) is 4.79 Å². The molecule has 96 valence electrons. The second-order valence-corrected chi connectivity index (χ2v) is 4.33. The molecule has 0 spiro atoms. The number of nitrogens with one attached hydrogen (secondary N) is 1. The van der Waals surface area contributed by atoms with Crippen LogP contribution in [0.25, 0.3) is 0 Å². The van der Waals surface area contributed by atoms with E-state index < -0.39 is 12.0 Å². The van der Waals surface area contributed by atoms with E-state index in [2.05, 4.69) is 20.8 Å². The standard InChI is InChI=1S/C11H8ClN5O2/c12-7-4-2-1-3-6(7)9-5-8(10(18)19)13-11-14-15-16-17(9)11/h1-5,9H,(H,18,19)(H,13,14,16)/t9-/m0/s1. The largest absolute Gasteiger partial charge is 0.477 e. The lowest BCUT2D eigenvalue weighted by molar-refractivity contribution is -0.132. The van der Waals surface area contributed by atoms with Gasteiger partial charge in [-0.3, -0.25) is 0 Å². The molecule has 1 atom stereocenters. The predicted molar refractivity (Wildman–Crippen MR) is 66.7 cm³/mol. The summed E-state index contributed by atoms with van der Waals surface area (Å²) in [6.45, 7) is 0. The molecule has 0 radical (unpaired) electrons. The normalized spacial score (nSPS) is 17.3. The minimum Gasteiger partial charge on any atom is -0.477 e. The molecule has 0 amide bonds. The van der Waals surface area contributed by atoms with E-state index in [1.54, 1.807) is 18.2 Å². The first-order valence-corrected chi connectivity index (χ1v) is 5.79. The molecule has 0 saturated carbocycles. The SMILES string of the molecule is O=C(O)C1=C[C@@H](c2ccccc2Cl)n2nnnc2N1. The van der Waals surface area contributed by atoms with Gasteiger partial charge in [-0.05, 0) is 28.1 Å².